The number of amides is 1. The van der Waals surface area contributed by atoms with Crippen molar-refractivity contribution in [2.75, 3.05) is 26.3 Å². The summed E-state index contributed by atoms with van der Waals surface area (Å²) in [5, 5.41) is 0. The zero-order valence-corrected chi connectivity index (χ0v) is 15.3. The molecule has 26 heavy (non-hydrogen) atoms. The molecule has 0 unspecified atom stereocenters. The topological polar surface area (TPSA) is 102 Å². The van der Waals surface area contributed by atoms with Crippen molar-refractivity contribution in [1.82, 2.24) is 9.62 Å². The van der Waals surface area contributed by atoms with Gasteiger partial charge in [0.25, 0.3) is 5.91 Å². The largest absolute Gasteiger partial charge is 0.451 e. The van der Waals surface area contributed by atoms with Crippen LogP contribution in [0.2, 0.25) is 0 Å². The molecular weight excluding hydrogens is 367 g/mol. The van der Waals surface area contributed by atoms with E-state index in [2.05, 4.69) is 0 Å². The minimum atomic E-state index is -4.25. The molecule has 0 saturated carbocycles. The molecular formula is C16H21FN2O6S. The van der Waals surface area contributed by atoms with Gasteiger partial charge in [-0.3, -0.25) is 9.59 Å². The number of benzene rings is 1. The van der Waals surface area contributed by atoms with Gasteiger partial charge in [0.1, 0.15) is 16.8 Å². The molecule has 0 spiro atoms. The Balaban J connectivity index is 1.96. The first-order chi connectivity index (χ1) is 12.2. The second kappa shape index (κ2) is 8.56. The molecule has 1 heterocycles. The summed E-state index contributed by atoms with van der Waals surface area (Å²) >= 11 is 0. The molecule has 0 aliphatic carbocycles. The number of morpholine rings is 1. The second-order valence-corrected chi connectivity index (χ2v) is 7.47. The molecule has 2 rings (SSSR count). The molecule has 0 radical (unpaired) electrons. The lowest BCUT2D eigenvalue weighted by atomic mass is 10.3. The number of rotatable bonds is 6. The molecule has 1 fully saturated rings. The number of halogens is 1. The van der Waals surface area contributed by atoms with Gasteiger partial charge in [0.05, 0.1) is 13.2 Å². The number of carbonyl (C=O) groups excluding carboxylic acids is 2. The zero-order valence-electron chi connectivity index (χ0n) is 14.5. The third-order valence-electron chi connectivity index (χ3n) is 3.78. The summed E-state index contributed by atoms with van der Waals surface area (Å²) in [5.74, 6) is -2.25. The molecule has 1 aromatic rings. The van der Waals surface area contributed by atoms with Crippen LogP contribution in [0.4, 0.5) is 4.39 Å². The van der Waals surface area contributed by atoms with Gasteiger partial charge in [-0.05, 0) is 26.0 Å². The Hall–Kier alpha value is -2.04. The summed E-state index contributed by atoms with van der Waals surface area (Å²) in [7, 11) is -4.25. The first kappa shape index (κ1) is 20.3. The van der Waals surface area contributed by atoms with Gasteiger partial charge in [0, 0.05) is 13.1 Å². The molecule has 10 heteroatoms. The summed E-state index contributed by atoms with van der Waals surface area (Å²) in [6.07, 6.45) is -1.07. The summed E-state index contributed by atoms with van der Waals surface area (Å²) < 4.78 is 50.3. The van der Waals surface area contributed by atoms with Crippen LogP contribution >= 0.6 is 0 Å². The number of sulfonamides is 1. The number of nitrogens with one attached hydrogen (secondary N) is 1. The minimum absolute atomic E-state index is 0.384. The number of ether oxygens (including phenoxy) is 2. The Labute approximate surface area is 151 Å². The van der Waals surface area contributed by atoms with Crippen LogP contribution in [-0.2, 0) is 29.1 Å². The van der Waals surface area contributed by atoms with E-state index < -0.39 is 38.9 Å². The average molecular weight is 388 g/mol. The third kappa shape index (κ3) is 4.99. The van der Waals surface area contributed by atoms with Gasteiger partial charge in [-0.2, -0.15) is 4.72 Å². The fourth-order valence-electron chi connectivity index (χ4n) is 2.37. The number of carbonyl (C=O) groups is 2. The van der Waals surface area contributed by atoms with Gasteiger partial charge in [-0.1, -0.05) is 12.1 Å². The Kier molecular flexibility index (Phi) is 6.68. The van der Waals surface area contributed by atoms with Gasteiger partial charge >= 0.3 is 5.97 Å². The Morgan fingerprint density at radius 2 is 1.85 bits per heavy atom. The van der Waals surface area contributed by atoms with Gasteiger partial charge in [-0.15, -0.1) is 0 Å². The first-order valence-electron chi connectivity index (χ1n) is 8.06. The monoisotopic (exact) mass is 388 g/mol. The van der Waals surface area contributed by atoms with Crippen molar-refractivity contribution in [1.29, 1.82) is 0 Å². The maximum Gasteiger partial charge on any atom is 0.324 e. The lowest BCUT2D eigenvalue weighted by Crippen LogP contribution is -2.48. The van der Waals surface area contributed by atoms with Crippen molar-refractivity contribution >= 4 is 21.9 Å². The molecule has 8 nitrogen and oxygen atoms in total. The van der Waals surface area contributed by atoms with E-state index in [1.807, 2.05) is 4.72 Å². The van der Waals surface area contributed by atoms with Crippen molar-refractivity contribution in [2.45, 2.75) is 30.9 Å². The Morgan fingerprint density at radius 1 is 1.23 bits per heavy atom. The number of hydrogen-bond donors (Lipinski definition) is 1. The zero-order chi connectivity index (χ0) is 19.3. The first-order valence-corrected chi connectivity index (χ1v) is 9.54. The average Bonchev–Trinajstić information content (AvgIpc) is 2.61. The highest BCUT2D eigenvalue weighted by Gasteiger charge is 2.29. The third-order valence-corrected chi connectivity index (χ3v) is 5.35. The van der Waals surface area contributed by atoms with Crippen molar-refractivity contribution in [3.63, 3.8) is 0 Å². The standard InChI is InChI=1S/C16H21FN2O6S/c1-11(18-26(22,23)14-6-4-3-5-13(14)17)16(21)25-12(2)15(20)19-7-9-24-10-8-19/h3-6,11-12,18H,7-10H2,1-2H3/t11-,12+/m1/s1. The fraction of sp³-hybridized carbons (Fsp3) is 0.500. The van der Waals surface area contributed by atoms with Gasteiger partial charge in [0.15, 0.2) is 6.10 Å². The molecule has 144 valence electrons. The van der Waals surface area contributed by atoms with Gasteiger partial charge in [0.2, 0.25) is 10.0 Å². The molecule has 1 saturated heterocycles. The van der Waals surface area contributed by atoms with E-state index in [1.54, 1.807) is 0 Å². The Bertz CT molecular complexity index is 764. The molecule has 1 aromatic carbocycles. The quantitative estimate of drug-likeness (QED) is 0.703. The summed E-state index contributed by atoms with van der Waals surface area (Å²) in [5.41, 5.74) is 0. The highest BCUT2D eigenvalue weighted by atomic mass is 32.2. The highest BCUT2D eigenvalue weighted by Crippen LogP contribution is 2.14. The van der Waals surface area contributed by atoms with Crippen LogP contribution in [-0.4, -0.2) is 63.6 Å². The van der Waals surface area contributed by atoms with Crippen LogP contribution in [0.15, 0.2) is 29.2 Å². The summed E-state index contributed by atoms with van der Waals surface area (Å²) in [6.45, 7) is 4.28. The molecule has 0 bridgehead atoms. The molecule has 2 atom stereocenters. The second-order valence-electron chi connectivity index (χ2n) is 5.79. The number of nitrogens with zero attached hydrogens (tertiary/aromatic N) is 1. The smallest absolute Gasteiger partial charge is 0.324 e. The van der Waals surface area contributed by atoms with E-state index in [0.717, 1.165) is 12.1 Å². The van der Waals surface area contributed by atoms with E-state index >= 15 is 0 Å². The minimum Gasteiger partial charge on any atom is -0.451 e. The van der Waals surface area contributed by atoms with Crippen LogP contribution in [0, 0.1) is 5.82 Å². The van der Waals surface area contributed by atoms with E-state index in [9.17, 15) is 22.4 Å². The SMILES string of the molecule is C[C@H](OC(=O)[C@@H](C)NS(=O)(=O)c1ccccc1F)C(=O)N1CCOCC1. The fourth-order valence-corrected chi connectivity index (χ4v) is 3.65. The molecule has 1 aliphatic rings. The predicted molar refractivity (Wildman–Crippen MR) is 89.1 cm³/mol. The normalized spacial score (nSPS) is 17.4. The van der Waals surface area contributed by atoms with Gasteiger partial charge < -0.3 is 14.4 Å². The molecule has 1 N–H and O–H groups in total. The van der Waals surface area contributed by atoms with E-state index in [4.69, 9.17) is 9.47 Å². The van der Waals surface area contributed by atoms with Crippen LogP contribution < -0.4 is 4.72 Å². The van der Waals surface area contributed by atoms with Gasteiger partial charge in [-0.25, -0.2) is 12.8 Å². The highest BCUT2D eigenvalue weighted by molar-refractivity contribution is 7.89. The van der Waals surface area contributed by atoms with E-state index in [-0.39, 0.29) is 5.91 Å². The van der Waals surface area contributed by atoms with Crippen LogP contribution in [0.3, 0.4) is 0 Å². The molecule has 1 aliphatic heterocycles. The molecule has 0 aromatic heterocycles. The van der Waals surface area contributed by atoms with Crippen LogP contribution in [0.1, 0.15) is 13.8 Å². The lowest BCUT2D eigenvalue weighted by Gasteiger charge is -2.29. The van der Waals surface area contributed by atoms with Crippen molar-refractivity contribution < 1.29 is 31.9 Å². The van der Waals surface area contributed by atoms with Crippen molar-refractivity contribution in [3.8, 4) is 0 Å². The van der Waals surface area contributed by atoms with Crippen molar-refractivity contribution in [3.05, 3.63) is 30.1 Å². The molecule has 1 amide bonds. The van der Waals surface area contributed by atoms with Crippen LogP contribution in [0.25, 0.3) is 0 Å². The van der Waals surface area contributed by atoms with E-state index in [1.165, 1.54) is 30.9 Å². The number of esters is 1. The van der Waals surface area contributed by atoms with Crippen molar-refractivity contribution in [2.24, 2.45) is 0 Å². The lowest BCUT2D eigenvalue weighted by molar-refractivity contribution is -0.161. The van der Waals surface area contributed by atoms with E-state index in [0.29, 0.717) is 26.3 Å². The maximum atomic E-state index is 13.7. The summed E-state index contributed by atoms with van der Waals surface area (Å²) in [4.78, 5) is 25.2. The Morgan fingerprint density at radius 3 is 2.46 bits per heavy atom. The summed E-state index contributed by atoms with van der Waals surface area (Å²) in [6, 6.07) is 3.51. The van der Waals surface area contributed by atoms with Crippen LogP contribution in [0.5, 0.6) is 0 Å². The predicted octanol–water partition coefficient (Wildman–Crippen LogP) is 0.283. The number of hydrogen-bond acceptors (Lipinski definition) is 6. The maximum absolute atomic E-state index is 13.7.